The molecule has 1 fully saturated rings. The molecule has 0 radical (unpaired) electrons. The van der Waals surface area contributed by atoms with E-state index < -0.39 is 53.2 Å². The number of H-pyrrole nitrogens is 1. The van der Waals surface area contributed by atoms with Gasteiger partial charge in [0.2, 0.25) is 11.8 Å². The highest BCUT2D eigenvalue weighted by atomic mass is 79.9. The predicted molar refractivity (Wildman–Crippen MR) is 169 cm³/mol. The number of benzene rings is 3. The van der Waals surface area contributed by atoms with Crippen molar-refractivity contribution in [1.29, 1.82) is 0 Å². The average molecular weight is 713 g/mol. The summed E-state index contributed by atoms with van der Waals surface area (Å²) in [6, 6.07) is 16.4. The monoisotopic (exact) mass is 711 g/mol. The number of esters is 1. The molecule has 2 unspecified atom stereocenters. The van der Waals surface area contributed by atoms with Crippen molar-refractivity contribution in [2.45, 2.75) is 23.1 Å². The number of imide groups is 1. The maximum absolute atomic E-state index is 14.0. The number of hydrogen-bond acceptors (Lipinski definition) is 9. The first-order valence-corrected chi connectivity index (χ1v) is 16.2. The van der Waals surface area contributed by atoms with E-state index in [0.717, 1.165) is 28.0 Å². The number of anilines is 2. The second kappa shape index (κ2) is 12.6. The third-order valence-corrected chi connectivity index (χ3v) is 10.1. The number of aromatic nitrogens is 1. The van der Waals surface area contributed by atoms with Gasteiger partial charge in [0, 0.05) is 26.5 Å². The van der Waals surface area contributed by atoms with E-state index >= 15 is 0 Å². The molecule has 6 rings (SSSR count). The van der Waals surface area contributed by atoms with Crippen LogP contribution in [-0.2, 0) is 19.1 Å². The number of aromatic amines is 1. The Balaban J connectivity index is 1.28. The first-order chi connectivity index (χ1) is 21.6. The van der Waals surface area contributed by atoms with Crippen LogP contribution in [0, 0.1) is 11.7 Å². The second-order valence-electron chi connectivity index (χ2n) is 10.1. The summed E-state index contributed by atoms with van der Waals surface area (Å²) in [5.41, 5.74) is 1.54. The number of thiazole rings is 1. The molecule has 3 atom stereocenters. The van der Waals surface area contributed by atoms with E-state index in [4.69, 9.17) is 9.47 Å². The molecule has 230 valence electrons. The quantitative estimate of drug-likeness (QED) is 0.185. The first-order valence-electron chi connectivity index (χ1n) is 13.7. The van der Waals surface area contributed by atoms with Crippen molar-refractivity contribution in [2.75, 3.05) is 23.4 Å². The molecule has 2 aliphatic rings. The molecule has 45 heavy (non-hydrogen) atoms. The van der Waals surface area contributed by atoms with Crippen LogP contribution in [0.3, 0.4) is 0 Å². The molecule has 14 heteroatoms. The van der Waals surface area contributed by atoms with Crippen molar-refractivity contribution in [1.82, 2.24) is 4.98 Å². The van der Waals surface area contributed by atoms with E-state index in [9.17, 15) is 28.4 Å². The summed E-state index contributed by atoms with van der Waals surface area (Å²) in [5, 5.41) is 2.33. The van der Waals surface area contributed by atoms with E-state index in [2.05, 4.69) is 26.2 Å². The lowest BCUT2D eigenvalue weighted by atomic mass is 9.82. The van der Waals surface area contributed by atoms with Crippen molar-refractivity contribution >= 4 is 74.1 Å². The third-order valence-electron chi connectivity index (χ3n) is 7.25. The van der Waals surface area contributed by atoms with Gasteiger partial charge in [0.15, 0.2) is 6.61 Å². The van der Waals surface area contributed by atoms with Crippen LogP contribution >= 0.6 is 39.0 Å². The highest BCUT2D eigenvalue weighted by Gasteiger charge is 2.56. The second-order valence-corrected chi connectivity index (χ2v) is 13.1. The molecule has 0 aliphatic carbocycles. The fourth-order valence-corrected chi connectivity index (χ4v) is 8.22. The van der Waals surface area contributed by atoms with Crippen LogP contribution < -0.4 is 19.8 Å². The summed E-state index contributed by atoms with van der Waals surface area (Å²) in [6.07, 6.45) is 0. The summed E-state index contributed by atoms with van der Waals surface area (Å²) >= 11 is 5.54. The Bertz CT molecular complexity index is 1880. The highest BCUT2D eigenvalue weighted by Crippen LogP contribution is 2.54. The van der Waals surface area contributed by atoms with Gasteiger partial charge in [-0.3, -0.25) is 19.2 Å². The number of fused-ring (bicyclic) bond motifs is 2. The van der Waals surface area contributed by atoms with Crippen LogP contribution in [0.25, 0.3) is 0 Å². The summed E-state index contributed by atoms with van der Waals surface area (Å²) in [7, 11) is 0. The van der Waals surface area contributed by atoms with Gasteiger partial charge in [-0.15, -0.1) is 0 Å². The lowest BCUT2D eigenvalue weighted by Gasteiger charge is -2.31. The van der Waals surface area contributed by atoms with Crippen molar-refractivity contribution in [3.63, 3.8) is 0 Å². The lowest BCUT2D eigenvalue weighted by Crippen LogP contribution is -2.32. The van der Waals surface area contributed by atoms with Gasteiger partial charge in [-0.05, 0) is 73.7 Å². The number of nitrogens with one attached hydrogen (secondary N) is 2. The Labute approximate surface area is 272 Å². The van der Waals surface area contributed by atoms with E-state index in [-0.39, 0.29) is 22.9 Å². The van der Waals surface area contributed by atoms with E-state index in [1.54, 1.807) is 37.3 Å². The van der Waals surface area contributed by atoms with Gasteiger partial charge < -0.3 is 19.8 Å². The largest absolute Gasteiger partial charge is 0.483 e. The summed E-state index contributed by atoms with van der Waals surface area (Å²) in [4.78, 5) is 68.9. The molecule has 2 N–H and O–H groups in total. The van der Waals surface area contributed by atoms with Crippen LogP contribution in [0.1, 0.15) is 33.6 Å². The van der Waals surface area contributed by atoms with Crippen LogP contribution in [0.15, 0.2) is 81.0 Å². The number of halogens is 2. The number of thioether (sulfide) groups is 1. The maximum atomic E-state index is 14.0. The Morgan fingerprint density at radius 3 is 2.47 bits per heavy atom. The number of carbonyl (C=O) groups is 4. The van der Waals surface area contributed by atoms with Gasteiger partial charge in [-0.1, -0.05) is 39.0 Å². The van der Waals surface area contributed by atoms with Crippen molar-refractivity contribution in [2.24, 2.45) is 5.92 Å². The molecular formula is C31H23BrFN3O7S2. The Morgan fingerprint density at radius 2 is 1.76 bits per heavy atom. The van der Waals surface area contributed by atoms with Gasteiger partial charge in [-0.25, -0.2) is 14.1 Å². The number of nitrogens with zero attached hydrogens (tertiary/aromatic N) is 1. The molecule has 1 aromatic heterocycles. The minimum Gasteiger partial charge on any atom is -0.483 e. The van der Waals surface area contributed by atoms with E-state index in [1.165, 1.54) is 36.4 Å². The summed E-state index contributed by atoms with van der Waals surface area (Å²) < 4.78 is 25.2. The molecule has 3 heterocycles. The normalized spacial score (nSPS) is 18.7. The number of carbonyl (C=O) groups excluding carboxylic acids is 4. The van der Waals surface area contributed by atoms with Crippen molar-refractivity contribution in [3.8, 4) is 5.75 Å². The zero-order chi connectivity index (χ0) is 31.8. The molecule has 3 aromatic carbocycles. The minimum atomic E-state index is -0.908. The van der Waals surface area contributed by atoms with Gasteiger partial charge in [0.05, 0.1) is 28.8 Å². The SMILES string of the molecule is CCOC(=O)c1ccc(NC(=O)COc2ccc(Br)cc2[C@H]2c3sc(=O)[nH]c3SC3C(=O)N(c4ccc(F)cc4)C(=O)C32)cc1. The van der Waals surface area contributed by atoms with E-state index in [1.807, 2.05) is 0 Å². The molecule has 0 saturated carbocycles. The molecule has 4 aromatic rings. The van der Waals surface area contributed by atoms with Crippen LogP contribution in [0.2, 0.25) is 0 Å². The minimum absolute atomic E-state index is 0.245. The fraction of sp³-hybridized carbons (Fsp3) is 0.194. The maximum Gasteiger partial charge on any atom is 0.338 e. The number of ether oxygens (including phenoxy) is 2. The summed E-state index contributed by atoms with van der Waals surface area (Å²) in [6.45, 7) is 1.56. The third kappa shape index (κ3) is 6.04. The van der Waals surface area contributed by atoms with Crippen LogP contribution in [-0.4, -0.2) is 47.1 Å². The molecule has 0 bridgehead atoms. The number of amides is 3. The molecule has 1 saturated heterocycles. The number of hydrogen-bond donors (Lipinski definition) is 2. The summed E-state index contributed by atoms with van der Waals surface area (Å²) in [5.74, 6) is -3.80. The lowest BCUT2D eigenvalue weighted by molar-refractivity contribution is -0.122. The Kier molecular flexibility index (Phi) is 8.62. The van der Waals surface area contributed by atoms with Crippen LogP contribution in [0.5, 0.6) is 5.75 Å². The van der Waals surface area contributed by atoms with Crippen molar-refractivity contribution in [3.05, 3.63) is 103 Å². The molecule has 0 spiro atoms. The van der Waals surface area contributed by atoms with Crippen LogP contribution in [0.4, 0.5) is 15.8 Å². The van der Waals surface area contributed by atoms with Gasteiger partial charge >= 0.3 is 10.8 Å². The zero-order valence-corrected chi connectivity index (χ0v) is 26.6. The van der Waals surface area contributed by atoms with Crippen molar-refractivity contribution < 1.29 is 33.0 Å². The van der Waals surface area contributed by atoms with Gasteiger partial charge in [-0.2, -0.15) is 0 Å². The smallest absolute Gasteiger partial charge is 0.338 e. The number of rotatable bonds is 8. The van der Waals surface area contributed by atoms with E-state index in [0.29, 0.717) is 31.2 Å². The van der Waals surface area contributed by atoms with Gasteiger partial charge in [0.25, 0.3) is 5.91 Å². The first kappa shape index (κ1) is 30.7. The Hall–Kier alpha value is -4.27. The molecular weight excluding hydrogens is 689 g/mol. The molecule has 10 nitrogen and oxygen atoms in total. The van der Waals surface area contributed by atoms with Gasteiger partial charge in [0.1, 0.15) is 16.8 Å². The topological polar surface area (TPSA) is 135 Å². The average Bonchev–Trinajstić information content (AvgIpc) is 3.51. The molecule has 3 amide bonds. The predicted octanol–water partition coefficient (Wildman–Crippen LogP) is 5.33. The molecule has 2 aliphatic heterocycles. The Morgan fingerprint density at radius 1 is 1.02 bits per heavy atom. The highest BCUT2D eigenvalue weighted by molar-refractivity contribution is 9.10. The standard InChI is InChI=1S/C31H23BrFN3O7S2/c1-2-42-30(40)15-3-8-18(9-4-15)34-22(37)14-43-21-12-5-16(32)13-20(21)23-24-26(44-27-25(23)45-31(41)35-27)29(39)36(28(24)38)19-10-6-17(33)7-11-19/h3-13,23-24,26H,2,14H2,1H3,(H,34,37)(H,35,41)/t23-,24?,26?/m1/s1. The zero-order valence-electron chi connectivity index (χ0n) is 23.4. The fourth-order valence-electron chi connectivity index (χ4n) is 5.34.